The summed E-state index contributed by atoms with van der Waals surface area (Å²) in [5.41, 5.74) is -0.243. The molecule has 1 amide bonds. The van der Waals surface area contributed by atoms with Crippen molar-refractivity contribution in [2.45, 2.75) is 25.6 Å². The third-order valence-electron chi connectivity index (χ3n) is 4.19. The summed E-state index contributed by atoms with van der Waals surface area (Å²) in [7, 11) is 1.73. The molecule has 1 aliphatic heterocycles. The Morgan fingerprint density at radius 3 is 2.78 bits per heavy atom. The molecule has 124 valence electrons. The van der Waals surface area contributed by atoms with Gasteiger partial charge in [0.25, 0.3) is 5.91 Å². The van der Waals surface area contributed by atoms with Crippen molar-refractivity contribution in [2.75, 3.05) is 20.1 Å². The molecule has 2 aromatic heterocycles. The van der Waals surface area contributed by atoms with E-state index < -0.39 is 11.9 Å². The molecule has 1 fully saturated rings. The highest BCUT2D eigenvalue weighted by atomic mass is 32.1. The molecule has 1 N–H and O–H groups in total. The van der Waals surface area contributed by atoms with Crippen molar-refractivity contribution in [2.24, 2.45) is 0 Å². The van der Waals surface area contributed by atoms with Gasteiger partial charge in [-0.15, -0.1) is 11.3 Å². The topological polar surface area (TPSA) is 45.2 Å². The average molecular weight is 343 g/mol. The Bertz CT molecular complexity index is 750. The molecular weight excluding hydrogens is 327 g/mol. The van der Waals surface area contributed by atoms with Crippen LogP contribution in [-0.2, 0) is 6.18 Å². The Morgan fingerprint density at radius 1 is 1.43 bits per heavy atom. The van der Waals surface area contributed by atoms with E-state index in [0.29, 0.717) is 15.8 Å². The molecule has 0 radical (unpaired) electrons. The number of carbonyl (C=O) groups is 1. The standard InChI is InChI=1S/C15H16F3N3OS/c1-8-10-3-4-11(15(16,17)18)20-13(10)23-12(8)14(22)21(2)9-5-6-19-7-9/h3-4,9,19H,5-7H2,1-2H3/t9-/m1/s1. The first-order chi connectivity index (χ1) is 10.8. The fourth-order valence-corrected chi connectivity index (χ4v) is 3.92. The van der Waals surface area contributed by atoms with Crippen LogP contribution in [0, 0.1) is 6.92 Å². The number of aryl methyl sites for hydroxylation is 1. The molecule has 0 saturated carbocycles. The molecule has 0 aromatic carbocycles. The number of likely N-dealkylation sites (N-methyl/N-ethyl adjacent to an activating group) is 1. The summed E-state index contributed by atoms with van der Waals surface area (Å²) in [6.45, 7) is 3.36. The Balaban J connectivity index is 1.97. The molecule has 3 heterocycles. The second-order valence-corrected chi connectivity index (χ2v) is 6.66. The van der Waals surface area contributed by atoms with Crippen LogP contribution >= 0.6 is 11.3 Å². The van der Waals surface area contributed by atoms with Crippen LogP contribution in [0.15, 0.2) is 12.1 Å². The number of thiophene rings is 1. The van der Waals surface area contributed by atoms with Crippen molar-refractivity contribution >= 4 is 27.5 Å². The summed E-state index contributed by atoms with van der Waals surface area (Å²) in [4.78, 5) is 18.7. The first kappa shape index (κ1) is 16.2. The van der Waals surface area contributed by atoms with E-state index in [4.69, 9.17) is 0 Å². The minimum absolute atomic E-state index is 0.116. The predicted octanol–water partition coefficient (Wildman–Crippen LogP) is 3.06. The summed E-state index contributed by atoms with van der Waals surface area (Å²) in [5.74, 6) is -0.159. The Kier molecular flexibility index (Phi) is 4.05. The molecular formula is C15H16F3N3OS. The number of aromatic nitrogens is 1. The van der Waals surface area contributed by atoms with Gasteiger partial charge < -0.3 is 10.2 Å². The SMILES string of the molecule is Cc1c(C(=O)N(C)[C@@H]2CCNC2)sc2nc(C(F)(F)F)ccc12. The van der Waals surface area contributed by atoms with Gasteiger partial charge in [-0.2, -0.15) is 13.2 Å². The van der Waals surface area contributed by atoms with E-state index in [1.165, 1.54) is 6.07 Å². The second-order valence-electron chi connectivity index (χ2n) is 5.67. The molecule has 1 atom stereocenters. The zero-order valence-corrected chi connectivity index (χ0v) is 13.5. The average Bonchev–Trinajstić information content (AvgIpc) is 3.13. The van der Waals surface area contributed by atoms with Crippen LogP contribution in [0.25, 0.3) is 10.2 Å². The highest BCUT2D eigenvalue weighted by Gasteiger charge is 2.33. The molecule has 8 heteroatoms. The van der Waals surface area contributed by atoms with Crippen molar-refractivity contribution in [1.82, 2.24) is 15.2 Å². The van der Waals surface area contributed by atoms with E-state index >= 15 is 0 Å². The largest absolute Gasteiger partial charge is 0.433 e. The Hall–Kier alpha value is -1.67. The van der Waals surface area contributed by atoms with E-state index in [1.807, 2.05) is 0 Å². The number of alkyl halides is 3. The normalized spacial score (nSPS) is 18.6. The van der Waals surface area contributed by atoms with Crippen LogP contribution in [0.2, 0.25) is 0 Å². The van der Waals surface area contributed by atoms with E-state index in [2.05, 4.69) is 10.3 Å². The molecule has 0 aliphatic carbocycles. The summed E-state index contributed by atoms with van der Waals surface area (Å²) in [6.07, 6.45) is -3.61. The third-order valence-corrected chi connectivity index (χ3v) is 5.38. The predicted molar refractivity (Wildman–Crippen MR) is 82.7 cm³/mol. The maximum atomic E-state index is 12.8. The molecule has 0 bridgehead atoms. The zero-order chi connectivity index (χ0) is 16.8. The van der Waals surface area contributed by atoms with Gasteiger partial charge in [-0.3, -0.25) is 4.79 Å². The number of halogens is 3. The number of rotatable bonds is 2. The molecule has 1 saturated heterocycles. The van der Waals surface area contributed by atoms with E-state index in [0.717, 1.165) is 36.9 Å². The minimum Gasteiger partial charge on any atom is -0.337 e. The fourth-order valence-electron chi connectivity index (χ4n) is 2.76. The summed E-state index contributed by atoms with van der Waals surface area (Å²) in [6, 6.07) is 2.47. The first-order valence-corrected chi connectivity index (χ1v) is 8.06. The lowest BCUT2D eigenvalue weighted by Gasteiger charge is -2.23. The van der Waals surface area contributed by atoms with Crippen LogP contribution < -0.4 is 5.32 Å². The van der Waals surface area contributed by atoms with Crippen molar-refractivity contribution in [3.05, 3.63) is 28.3 Å². The van der Waals surface area contributed by atoms with Gasteiger partial charge >= 0.3 is 6.18 Å². The number of nitrogens with zero attached hydrogens (tertiary/aromatic N) is 2. The molecule has 0 unspecified atom stereocenters. The van der Waals surface area contributed by atoms with E-state index in [9.17, 15) is 18.0 Å². The summed E-state index contributed by atoms with van der Waals surface area (Å²) >= 11 is 1.03. The minimum atomic E-state index is -4.48. The summed E-state index contributed by atoms with van der Waals surface area (Å²) in [5, 5.41) is 3.80. The maximum Gasteiger partial charge on any atom is 0.433 e. The number of fused-ring (bicyclic) bond motifs is 1. The monoisotopic (exact) mass is 343 g/mol. The lowest BCUT2D eigenvalue weighted by Crippen LogP contribution is -2.38. The van der Waals surface area contributed by atoms with E-state index in [1.54, 1.807) is 18.9 Å². The number of pyridine rings is 1. The maximum absolute atomic E-state index is 12.8. The Morgan fingerprint density at radius 2 is 2.17 bits per heavy atom. The van der Waals surface area contributed by atoms with Crippen molar-refractivity contribution in [3.63, 3.8) is 0 Å². The van der Waals surface area contributed by atoms with Crippen LogP contribution in [0.1, 0.15) is 27.3 Å². The molecule has 3 rings (SSSR count). The lowest BCUT2D eigenvalue weighted by molar-refractivity contribution is -0.140. The van der Waals surface area contributed by atoms with Gasteiger partial charge in [0.2, 0.25) is 0 Å². The highest BCUT2D eigenvalue weighted by Crippen LogP contribution is 2.34. The van der Waals surface area contributed by atoms with Gasteiger partial charge in [-0.25, -0.2) is 4.98 Å². The van der Waals surface area contributed by atoms with Gasteiger partial charge in [0, 0.05) is 25.0 Å². The highest BCUT2D eigenvalue weighted by molar-refractivity contribution is 7.20. The molecule has 2 aromatic rings. The van der Waals surface area contributed by atoms with Crippen molar-refractivity contribution in [3.8, 4) is 0 Å². The fraction of sp³-hybridized carbons (Fsp3) is 0.467. The van der Waals surface area contributed by atoms with Gasteiger partial charge in [0.05, 0.1) is 4.88 Å². The number of hydrogen-bond donors (Lipinski definition) is 1. The number of carbonyl (C=O) groups excluding carboxylic acids is 1. The zero-order valence-electron chi connectivity index (χ0n) is 12.7. The van der Waals surface area contributed by atoms with Crippen LogP contribution in [-0.4, -0.2) is 42.0 Å². The quantitative estimate of drug-likeness (QED) is 0.912. The molecule has 23 heavy (non-hydrogen) atoms. The molecule has 1 aliphatic rings. The van der Waals surface area contributed by atoms with Crippen molar-refractivity contribution in [1.29, 1.82) is 0 Å². The number of hydrogen-bond acceptors (Lipinski definition) is 4. The Labute approximate surface area is 135 Å². The van der Waals surface area contributed by atoms with E-state index in [-0.39, 0.29) is 16.8 Å². The van der Waals surface area contributed by atoms with Gasteiger partial charge in [-0.1, -0.05) is 0 Å². The number of amides is 1. The smallest absolute Gasteiger partial charge is 0.337 e. The van der Waals surface area contributed by atoms with Crippen LogP contribution in [0.5, 0.6) is 0 Å². The number of nitrogens with one attached hydrogen (secondary N) is 1. The third kappa shape index (κ3) is 2.92. The first-order valence-electron chi connectivity index (χ1n) is 7.24. The molecule has 0 spiro atoms. The summed E-state index contributed by atoms with van der Waals surface area (Å²) < 4.78 is 38.3. The second kappa shape index (κ2) is 5.76. The lowest BCUT2D eigenvalue weighted by atomic mass is 10.1. The van der Waals surface area contributed by atoms with Crippen LogP contribution in [0.3, 0.4) is 0 Å². The van der Waals surface area contributed by atoms with Crippen LogP contribution in [0.4, 0.5) is 13.2 Å². The van der Waals surface area contributed by atoms with Gasteiger partial charge in [-0.05, 0) is 37.6 Å². The van der Waals surface area contributed by atoms with Gasteiger partial charge in [0.15, 0.2) is 0 Å². The van der Waals surface area contributed by atoms with Crippen molar-refractivity contribution < 1.29 is 18.0 Å². The van der Waals surface area contributed by atoms with Gasteiger partial charge in [0.1, 0.15) is 10.5 Å². The molecule has 4 nitrogen and oxygen atoms in total.